The molecule has 0 heterocycles. The molecule has 23 heavy (non-hydrogen) atoms. The number of hydrazone groups is 1. The summed E-state index contributed by atoms with van der Waals surface area (Å²) < 4.78 is 0. The molecule has 0 spiro atoms. The molecule has 0 radical (unpaired) electrons. The number of carbonyl (C=O) groups excluding carboxylic acids is 2. The van der Waals surface area contributed by atoms with E-state index in [0.29, 0.717) is 15.6 Å². The third-order valence-corrected chi connectivity index (χ3v) is 3.38. The van der Waals surface area contributed by atoms with E-state index in [1.807, 2.05) is 0 Å². The van der Waals surface area contributed by atoms with Crippen LogP contribution in [0.3, 0.4) is 0 Å². The lowest BCUT2D eigenvalue weighted by atomic mass is 10.2. The van der Waals surface area contributed by atoms with Gasteiger partial charge in [0.2, 0.25) is 0 Å². The Bertz CT molecular complexity index is 730. The molecule has 2 N–H and O–H groups in total. The van der Waals surface area contributed by atoms with Gasteiger partial charge in [0.25, 0.3) is 11.8 Å². The van der Waals surface area contributed by atoms with Gasteiger partial charge in [0, 0.05) is 5.02 Å². The van der Waals surface area contributed by atoms with Crippen LogP contribution >= 0.6 is 23.2 Å². The average molecular weight is 350 g/mol. The van der Waals surface area contributed by atoms with E-state index in [4.69, 9.17) is 23.2 Å². The molecule has 0 saturated carbocycles. The fraction of sp³-hybridized carbons (Fsp3) is 0.0625. The molecule has 2 rings (SSSR count). The van der Waals surface area contributed by atoms with Gasteiger partial charge in [-0.2, -0.15) is 5.10 Å². The molecule has 0 aliphatic heterocycles. The van der Waals surface area contributed by atoms with Crippen LogP contribution in [0, 0.1) is 0 Å². The van der Waals surface area contributed by atoms with E-state index in [2.05, 4.69) is 15.8 Å². The highest BCUT2D eigenvalue weighted by Gasteiger charge is 2.10. The lowest BCUT2D eigenvalue weighted by molar-refractivity contribution is -0.120. The molecular formula is C16H13Cl2N3O2. The molecule has 0 aromatic heterocycles. The minimum Gasteiger partial charge on any atom is -0.343 e. The molecule has 0 fully saturated rings. The quantitative estimate of drug-likeness (QED) is 0.643. The van der Waals surface area contributed by atoms with Gasteiger partial charge < -0.3 is 5.32 Å². The minimum atomic E-state index is -0.449. The van der Waals surface area contributed by atoms with Crippen LogP contribution in [0.4, 0.5) is 0 Å². The van der Waals surface area contributed by atoms with Gasteiger partial charge in [-0.25, -0.2) is 5.43 Å². The SMILES string of the molecule is O=C(CNC(=O)c1ccccc1Cl)N/N=C\c1ccc(Cl)cc1. The second kappa shape index (κ2) is 8.31. The number of rotatable bonds is 5. The summed E-state index contributed by atoms with van der Waals surface area (Å²) in [6, 6.07) is 13.5. The van der Waals surface area contributed by atoms with Crippen molar-refractivity contribution < 1.29 is 9.59 Å². The van der Waals surface area contributed by atoms with Gasteiger partial charge in [-0.15, -0.1) is 0 Å². The average Bonchev–Trinajstić information content (AvgIpc) is 2.55. The first kappa shape index (κ1) is 17.0. The summed E-state index contributed by atoms with van der Waals surface area (Å²) in [4.78, 5) is 23.5. The first-order valence-corrected chi connectivity index (χ1v) is 7.42. The van der Waals surface area contributed by atoms with Crippen molar-refractivity contribution in [2.24, 2.45) is 5.10 Å². The predicted molar refractivity (Wildman–Crippen MR) is 91.0 cm³/mol. The van der Waals surface area contributed by atoms with Crippen LogP contribution < -0.4 is 10.7 Å². The Morgan fingerprint density at radius 1 is 1.04 bits per heavy atom. The molecule has 2 amide bonds. The molecule has 0 aliphatic carbocycles. The predicted octanol–water partition coefficient (Wildman–Crippen LogP) is 2.87. The normalized spacial score (nSPS) is 10.5. The molecule has 0 aliphatic rings. The largest absolute Gasteiger partial charge is 0.343 e. The van der Waals surface area contributed by atoms with E-state index in [0.717, 1.165) is 5.56 Å². The highest BCUT2D eigenvalue weighted by atomic mass is 35.5. The first-order valence-electron chi connectivity index (χ1n) is 6.66. The Kier molecular flexibility index (Phi) is 6.14. The van der Waals surface area contributed by atoms with E-state index in [9.17, 15) is 9.59 Å². The van der Waals surface area contributed by atoms with Crippen LogP contribution in [-0.2, 0) is 4.79 Å². The van der Waals surface area contributed by atoms with Crippen LogP contribution in [0.5, 0.6) is 0 Å². The molecule has 2 aromatic carbocycles. The zero-order valence-electron chi connectivity index (χ0n) is 11.9. The van der Waals surface area contributed by atoms with Gasteiger partial charge >= 0.3 is 0 Å². The Morgan fingerprint density at radius 2 is 1.74 bits per heavy atom. The summed E-state index contributed by atoms with van der Waals surface area (Å²) >= 11 is 11.7. The van der Waals surface area contributed by atoms with E-state index in [1.54, 1.807) is 48.5 Å². The lowest BCUT2D eigenvalue weighted by Gasteiger charge is -2.05. The van der Waals surface area contributed by atoms with Crippen LogP contribution in [0.15, 0.2) is 53.6 Å². The Labute approximate surface area is 143 Å². The Hall–Kier alpha value is -2.37. The number of nitrogens with one attached hydrogen (secondary N) is 2. The monoisotopic (exact) mass is 349 g/mol. The minimum absolute atomic E-state index is 0.206. The second-order valence-electron chi connectivity index (χ2n) is 4.51. The van der Waals surface area contributed by atoms with Gasteiger partial charge in [0.15, 0.2) is 0 Å². The molecule has 5 nitrogen and oxygen atoms in total. The number of halogens is 2. The summed E-state index contributed by atoms with van der Waals surface area (Å²) in [6.07, 6.45) is 1.48. The van der Waals surface area contributed by atoms with Gasteiger partial charge in [0.1, 0.15) is 0 Å². The van der Waals surface area contributed by atoms with E-state index in [-0.39, 0.29) is 6.54 Å². The van der Waals surface area contributed by atoms with Crippen molar-refractivity contribution >= 4 is 41.2 Å². The number of carbonyl (C=O) groups is 2. The number of hydrogen-bond acceptors (Lipinski definition) is 3. The fourth-order valence-electron chi connectivity index (χ4n) is 1.67. The van der Waals surface area contributed by atoms with E-state index in [1.165, 1.54) is 6.21 Å². The van der Waals surface area contributed by atoms with Gasteiger partial charge in [-0.05, 0) is 29.8 Å². The molecule has 0 bridgehead atoms. The number of amides is 2. The van der Waals surface area contributed by atoms with Crippen molar-refractivity contribution in [3.8, 4) is 0 Å². The van der Waals surface area contributed by atoms with Crippen molar-refractivity contribution in [2.45, 2.75) is 0 Å². The molecule has 0 saturated heterocycles. The van der Waals surface area contributed by atoms with Crippen molar-refractivity contribution in [3.05, 3.63) is 69.7 Å². The zero-order valence-corrected chi connectivity index (χ0v) is 13.4. The highest BCUT2D eigenvalue weighted by molar-refractivity contribution is 6.33. The van der Waals surface area contributed by atoms with Crippen molar-refractivity contribution in [2.75, 3.05) is 6.54 Å². The fourth-order valence-corrected chi connectivity index (χ4v) is 2.02. The number of hydrogen-bond donors (Lipinski definition) is 2. The maximum atomic E-state index is 11.9. The summed E-state index contributed by atoms with van der Waals surface area (Å²) in [7, 11) is 0. The maximum absolute atomic E-state index is 11.9. The first-order chi connectivity index (χ1) is 11.1. The molecule has 7 heteroatoms. The van der Waals surface area contributed by atoms with Crippen LogP contribution in [-0.4, -0.2) is 24.6 Å². The lowest BCUT2D eigenvalue weighted by Crippen LogP contribution is -2.35. The van der Waals surface area contributed by atoms with E-state index < -0.39 is 11.8 Å². The van der Waals surface area contributed by atoms with Crippen molar-refractivity contribution in [1.29, 1.82) is 0 Å². The van der Waals surface area contributed by atoms with Crippen molar-refractivity contribution in [3.63, 3.8) is 0 Å². The standard InChI is InChI=1S/C16H13Cl2N3O2/c17-12-7-5-11(6-8-12)9-20-21-15(22)10-19-16(23)13-3-1-2-4-14(13)18/h1-9H,10H2,(H,19,23)(H,21,22)/b20-9-. The molecular weight excluding hydrogens is 337 g/mol. The molecule has 2 aromatic rings. The zero-order chi connectivity index (χ0) is 16.7. The van der Waals surface area contributed by atoms with Gasteiger partial charge in [0.05, 0.1) is 23.3 Å². The van der Waals surface area contributed by atoms with Crippen molar-refractivity contribution in [1.82, 2.24) is 10.7 Å². The van der Waals surface area contributed by atoms with Gasteiger partial charge in [-0.1, -0.05) is 47.5 Å². The summed E-state index contributed by atoms with van der Waals surface area (Å²) in [5.74, 6) is -0.872. The molecule has 118 valence electrons. The summed E-state index contributed by atoms with van der Waals surface area (Å²) in [6.45, 7) is -0.206. The smallest absolute Gasteiger partial charge is 0.259 e. The van der Waals surface area contributed by atoms with Gasteiger partial charge in [-0.3, -0.25) is 9.59 Å². The third-order valence-electron chi connectivity index (χ3n) is 2.80. The van der Waals surface area contributed by atoms with Crippen LogP contribution in [0.1, 0.15) is 15.9 Å². The van der Waals surface area contributed by atoms with E-state index >= 15 is 0 Å². The third kappa shape index (κ3) is 5.39. The topological polar surface area (TPSA) is 70.6 Å². The summed E-state index contributed by atoms with van der Waals surface area (Å²) in [5.41, 5.74) is 3.42. The van der Waals surface area contributed by atoms with Crippen LogP contribution in [0.2, 0.25) is 10.0 Å². The number of benzene rings is 2. The second-order valence-corrected chi connectivity index (χ2v) is 5.35. The highest BCUT2D eigenvalue weighted by Crippen LogP contribution is 2.14. The number of nitrogens with zero attached hydrogens (tertiary/aromatic N) is 1. The molecule has 0 atom stereocenters. The Balaban J connectivity index is 1.80. The van der Waals surface area contributed by atoms with Crippen LogP contribution in [0.25, 0.3) is 0 Å². The summed E-state index contributed by atoms with van der Waals surface area (Å²) in [5, 5.41) is 7.21. The maximum Gasteiger partial charge on any atom is 0.259 e. The Morgan fingerprint density at radius 3 is 2.43 bits per heavy atom. The molecule has 0 unspecified atom stereocenters.